The Morgan fingerprint density at radius 2 is 1.70 bits per heavy atom. The Balaban J connectivity index is 1.67. The number of halogens is 7. The molecule has 2 atom stereocenters. The first-order valence-corrected chi connectivity index (χ1v) is 12.6. The number of nitrogens with one attached hydrogen (secondary N) is 1. The third kappa shape index (κ3) is 8.75. The van der Waals surface area contributed by atoms with Crippen molar-refractivity contribution in [2.45, 2.75) is 25.1 Å². The second-order valence-electron chi connectivity index (χ2n) is 9.53. The largest absolute Gasteiger partial charge is 0.481 e. The molecule has 1 saturated heterocycles. The summed E-state index contributed by atoms with van der Waals surface area (Å²) in [4.78, 5) is 63.2. The molecule has 1 fully saturated rings. The Hall–Kier alpha value is -4.54. The summed E-state index contributed by atoms with van der Waals surface area (Å²) in [5.41, 5.74) is -1.11. The minimum Gasteiger partial charge on any atom is -0.481 e. The molecule has 0 radical (unpaired) electrons. The number of nitrogens with zero attached hydrogens (tertiary/aromatic N) is 1. The van der Waals surface area contributed by atoms with Crippen molar-refractivity contribution in [2.24, 2.45) is 5.92 Å². The molecule has 0 spiro atoms. The molecule has 0 saturated carbocycles. The molecule has 2 amide bonds. The Morgan fingerprint density at radius 1 is 1.05 bits per heavy atom. The molecule has 2 aromatic rings. The minimum absolute atomic E-state index is 0.0866. The predicted octanol–water partition coefficient (Wildman–Crippen LogP) is 2.46. The smallest absolute Gasteiger partial charge is 0.416 e. The van der Waals surface area contributed by atoms with Gasteiger partial charge < -0.3 is 24.8 Å². The maximum absolute atomic E-state index is 13.8. The molecule has 2 aromatic carbocycles. The van der Waals surface area contributed by atoms with Crippen LogP contribution in [0.2, 0.25) is 0 Å². The van der Waals surface area contributed by atoms with Crippen LogP contribution in [0.5, 0.6) is 5.75 Å². The summed E-state index contributed by atoms with van der Waals surface area (Å²) in [6.45, 7) is -2.49. The molecule has 1 heterocycles. The van der Waals surface area contributed by atoms with Crippen LogP contribution >= 0.6 is 0 Å². The highest BCUT2D eigenvalue weighted by atomic mass is 19.4. The molecule has 0 unspecified atom stereocenters. The fraction of sp³-hybridized carbons (Fsp3) is 0.370. The number of hydrogen-bond donors (Lipinski definition) is 2. The van der Waals surface area contributed by atoms with E-state index in [9.17, 15) is 54.7 Å². The van der Waals surface area contributed by atoms with Crippen LogP contribution in [0.1, 0.15) is 17.5 Å². The number of ether oxygens (including phenoxy) is 2. The number of ketones is 2. The van der Waals surface area contributed by atoms with Crippen LogP contribution in [-0.2, 0) is 41.3 Å². The van der Waals surface area contributed by atoms with E-state index in [2.05, 4.69) is 10.1 Å². The summed E-state index contributed by atoms with van der Waals surface area (Å²) in [6.07, 6.45) is -6.41. The van der Waals surface area contributed by atoms with Crippen molar-refractivity contribution in [1.29, 1.82) is 0 Å². The van der Waals surface area contributed by atoms with E-state index in [0.717, 1.165) is 17.0 Å². The van der Waals surface area contributed by atoms with E-state index in [1.54, 1.807) is 0 Å². The summed E-state index contributed by atoms with van der Waals surface area (Å²) in [7, 11) is 0. The molecular weight excluding hydrogens is 613 g/mol. The summed E-state index contributed by atoms with van der Waals surface area (Å²) in [6, 6.07) is 1.81. The van der Waals surface area contributed by atoms with Gasteiger partial charge >= 0.3 is 12.1 Å². The number of carboxylic acid groups (broad SMARTS) is 1. The zero-order valence-electron chi connectivity index (χ0n) is 22.4. The third-order valence-electron chi connectivity index (χ3n) is 6.30. The molecule has 17 heteroatoms. The zero-order chi connectivity index (χ0) is 32.8. The lowest BCUT2D eigenvalue weighted by Crippen LogP contribution is -2.50. The van der Waals surface area contributed by atoms with Gasteiger partial charge in [-0.05, 0) is 11.6 Å². The lowest BCUT2D eigenvalue weighted by Gasteiger charge is -2.24. The van der Waals surface area contributed by atoms with E-state index < -0.39 is 108 Å². The van der Waals surface area contributed by atoms with Crippen LogP contribution in [-0.4, -0.2) is 78.3 Å². The number of hydrogen-bond acceptors (Lipinski definition) is 7. The lowest BCUT2D eigenvalue weighted by atomic mass is 10.0. The molecule has 10 nitrogen and oxygen atoms in total. The maximum Gasteiger partial charge on any atom is 0.416 e. The molecule has 2 N–H and O–H groups in total. The number of aliphatic carboxylic acids is 1. The van der Waals surface area contributed by atoms with E-state index in [0.29, 0.717) is 6.07 Å². The number of benzene rings is 2. The number of rotatable bonds is 11. The molecule has 1 aliphatic rings. The molecule has 0 aromatic heterocycles. The van der Waals surface area contributed by atoms with Gasteiger partial charge in [0.1, 0.15) is 12.6 Å². The summed E-state index contributed by atoms with van der Waals surface area (Å²) >= 11 is 0. The van der Waals surface area contributed by atoms with E-state index in [1.165, 1.54) is 6.07 Å². The average molecular weight is 636 g/mol. The van der Waals surface area contributed by atoms with Gasteiger partial charge in [-0.2, -0.15) is 22.0 Å². The molecular formula is C27H23F7N2O8. The van der Waals surface area contributed by atoms with Crippen molar-refractivity contribution in [3.05, 3.63) is 64.7 Å². The lowest BCUT2D eigenvalue weighted by molar-refractivity contribution is -0.145. The third-order valence-corrected chi connectivity index (χ3v) is 6.30. The zero-order valence-corrected chi connectivity index (χ0v) is 22.4. The second kappa shape index (κ2) is 14.3. The highest BCUT2D eigenvalue weighted by Gasteiger charge is 2.34. The maximum atomic E-state index is 13.8. The molecule has 238 valence electrons. The van der Waals surface area contributed by atoms with E-state index in [-0.39, 0.29) is 31.4 Å². The van der Waals surface area contributed by atoms with Gasteiger partial charge in [-0.1, -0.05) is 18.2 Å². The SMILES string of the molecule is O=C(O)C[C@H](NC(=O)[C@H]1COCCN(C(=O)C(=O)Cc2cccc(C(F)(F)F)c2)C1)C(=O)COc1c(F)c(F)cc(F)c1F. The van der Waals surface area contributed by atoms with Gasteiger partial charge in [0.15, 0.2) is 23.2 Å². The number of amides is 2. The van der Waals surface area contributed by atoms with Gasteiger partial charge in [-0.3, -0.25) is 24.0 Å². The molecule has 0 aliphatic carbocycles. The van der Waals surface area contributed by atoms with Crippen molar-refractivity contribution in [3.63, 3.8) is 0 Å². The van der Waals surface area contributed by atoms with E-state index >= 15 is 0 Å². The first-order chi connectivity index (χ1) is 20.6. The number of Topliss-reactive ketones (excluding diaryl/α,β-unsaturated/α-hetero) is 2. The highest BCUT2D eigenvalue weighted by Crippen LogP contribution is 2.30. The molecule has 3 rings (SSSR count). The van der Waals surface area contributed by atoms with Crippen LogP contribution in [0, 0.1) is 29.2 Å². The van der Waals surface area contributed by atoms with Gasteiger partial charge in [0.2, 0.25) is 23.3 Å². The number of carbonyl (C=O) groups is 5. The Bertz CT molecular complexity index is 1420. The Kier molecular flexibility index (Phi) is 11.0. The fourth-order valence-electron chi connectivity index (χ4n) is 4.08. The van der Waals surface area contributed by atoms with Gasteiger partial charge in [0, 0.05) is 25.6 Å². The van der Waals surface area contributed by atoms with Crippen molar-refractivity contribution in [3.8, 4) is 5.75 Å². The van der Waals surface area contributed by atoms with Crippen LogP contribution in [0.25, 0.3) is 0 Å². The van der Waals surface area contributed by atoms with Crippen molar-refractivity contribution < 1.29 is 69.3 Å². The number of carboxylic acids is 1. The first kappa shape index (κ1) is 34.0. The quantitative estimate of drug-likeness (QED) is 0.218. The minimum atomic E-state index is -4.68. The summed E-state index contributed by atoms with van der Waals surface area (Å²) in [5, 5.41) is 11.3. The molecule has 0 bridgehead atoms. The van der Waals surface area contributed by atoms with Crippen LogP contribution in [0.4, 0.5) is 30.7 Å². The number of alkyl halides is 3. The monoisotopic (exact) mass is 636 g/mol. The van der Waals surface area contributed by atoms with Gasteiger partial charge in [0.05, 0.1) is 31.1 Å². The molecule has 44 heavy (non-hydrogen) atoms. The van der Waals surface area contributed by atoms with Crippen molar-refractivity contribution in [1.82, 2.24) is 10.2 Å². The van der Waals surface area contributed by atoms with Crippen molar-refractivity contribution >= 4 is 29.4 Å². The van der Waals surface area contributed by atoms with Gasteiger partial charge in [-0.25, -0.2) is 8.78 Å². The first-order valence-electron chi connectivity index (χ1n) is 12.6. The predicted molar refractivity (Wildman–Crippen MR) is 132 cm³/mol. The normalized spacial score (nSPS) is 16.1. The Morgan fingerprint density at radius 3 is 2.32 bits per heavy atom. The molecule has 1 aliphatic heterocycles. The van der Waals surface area contributed by atoms with Crippen LogP contribution < -0.4 is 10.1 Å². The Labute approximate surface area is 243 Å². The topological polar surface area (TPSA) is 139 Å². The summed E-state index contributed by atoms with van der Waals surface area (Å²) < 4.78 is 103. The van der Waals surface area contributed by atoms with Gasteiger partial charge in [0.25, 0.3) is 5.91 Å². The van der Waals surface area contributed by atoms with Crippen LogP contribution in [0.3, 0.4) is 0 Å². The van der Waals surface area contributed by atoms with E-state index in [4.69, 9.17) is 9.84 Å². The number of carbonyl (C=O) groups excluding carboxylic acids is 4. The average Bonchev–Trinajstić information content (AvgIpc) is 3.21. The summed E-state index contributed by atoms with van der Waals surface area (Å²) in [5.74, 6) is -16.6. The van der Waals surface area contributed by atoms with Crippen molar-refractivity contribution in [2.75, 3.05) is 32.9 Å². The van der Waals surface area contributed by atoms with Gasteiger partial charge in [-0.15, -0.1) is 0 Å². The highest BCUT2D eigenvalue weighted by molar-refractivity contribution is 6.36. The van der Waals surface area contributed by atoms with Crippen LogP contribution in [0.15, 0.2) is 30.3 Å². The fourth-order valence-corrected chi connectivity index (χ4v) is 4.08. The van der Waals surface area contributed by atoms with E-state index in [1.807, 2.05) is 0 Å². The second-order valence-corrected chi connectivity index (χ2v) is 9.53. The standard InChI is InChI=1S/C27H23F7N2O8/c28-16-8-17(29)23(31)24(22(16)30)44-12-20(38)18(9-21(39)40)35-25(41)14-10-36(4-5-43-11-14)26(42)19(37)7-13-2-1-3-15(6-13)27(32,33)34/h1-3,6,8,14,18H,4-5,7,9-12H2,(H,35,41)(H,39,40)/t14-,18+/m1/s1.